The first kappa shape index (κ1) is 18.2. The summed E-state index contributed by atoms with van der Waals surface area (Å²) in [4.78, 5) is 31.5. The third-order valence-electron chi connectivity index (χ3n) is 4.73. The summed E-state index contributed by atoms with van der Waals surface area (Å²) in [6.45, 7) is 4.48. The molecule has 3 aromatic rings. The van der Waals surface area contributed by atoms with Crippen molar-refractivity contribution in [1.82, 2.24) is 19.2 Å². The largest absolute Gasteiger partial charge is 0.378 e. The van der Waals surface area contributed by atoms with E-state index in [4.69, 9.17) is 4.74 Å². The lowest BCUT2D eigenvalue weighted by Crippen LogP contribution is -2.37. The monoisotopic (exact) mass is 382 g/mol. The zero-order valence-electron chi connectivity index (χ0n) is 15.7. The van der Waals surface area contributed by atoms with Crippen molar-refractivity contribution in [3.05, 3.63) is 52.7 Å². The number of anilines is 2. The highest BCUT2D eigenvalue weighted by atomic mass is 16.5. The summed E-state index contributed by atoms with van der Waals surface area (Å²) in [6, 6.07) is 7.63. The number of hydrogen-bond acceptors (Lipinski definition) is 6. The second-order valence-corrected chi connectivity index (χ2v) is 6.58. The molecule has 3 heterocycles. The smallest absolute Gasteiger partial charge is 0.350 e. The molecule has 9 heteroatoms. The Bertz CT molecular complexity index is 1030. The van der Waals surface area contributed by atoms with Gasteiger partial charge in [0.2, 0.25) is 11.6 Å². The first-order valence-electron chi connectivity index (χ1n) is 9.31. The van der Waals surface area contributed by atoms with Gasteiger partial charge in [-0.1, -0.05) is 19.1 Å². The van der Waals surface area contributed by atoms with Crippen LogP contribution in [0.15, 0.2) is 41.5 Å². The zero-order valence-corrected chi connectivity index (χ0v) is 15.7. The van der Waals surface area contributed by atoms with Gasteiger partial charge in [-0.05, 0) is 24.1 Å². The highest BCUT2D eigenvalue weighted by molar-refractivity contribution is 5.90. The van der Waals surface area contributed by atoms with Crippen LogP contribution in [-0.2, 0) is 22.5 Å². The maximum atomic E-state index is 12.6. The van der Waals surface area contributed by atoms with E-state index in [0.717, 1.165) is 11.1 Å². The van der Waals surface area contributed by atoms with Gasteiger partial charge in [-0.2, -0.15) is 0 Å². The molecule has 1 amide bonds. The molecule has 0 unspecified atom stereocenters. The molecular weight excluding hydrogens is 360 g/mol. The number of nitrogens with one attached hydrogen (secondary N) is 1. The summed E-state index contributed by atoms with van der Waals surface area (Å²) in [5.74, 6) is 0.313. The first-order chi connectivity index (χ1) is 13.7. The van der Waals surface area contributed by atoms with E-state index in [1.807, 2.05) is 29.2 Å². The van der Waals surface area contributed by atoms with Crippen molar-refractivity contribution in [3.8, 4) is 0 Å². The number of carbonyl (C=O) groups excluding carboxylic acids is 1. The van der Waals surface area contributed by atoms with Crippen molar-refractivity contribution in [2.24, 2.45) is 0 Å². The van der Waals surface area contributed by atoms with Crippen molar-refractivity contribution in [2.45, 2.75) is 19.9 Å². The molecule has 1 N–H and O–H groups in total. The fraction of sp³-hybridized carbons (Fsp3) is 0.368. The van der Waals surface area contributed by atoms with Crippen molar-refractivity contribution in [3.63, 3.8) is 0 Å². The van der Waals surface area contributed by atoms with Gasteiger partial charge in [0, 0.05) is 31.2 Å². The molecule has 2 aromatic heterocycles. The molecule has 1 saturated heterocycles. The molecule has 9 nitrogen and oxygen atoms in total. The molecule has 1 aliphatic heterocycles. The summed E-state index contributed by atoms with van der Waals surface area (Å²) in [6.07, 6.45) is 4.07. The van der Waals surface area contributed by atoms with Crippen LogP contribution in [0.3, 0.4) is 0 Å². The van der Waals surface area contributed by atoms with Crippen LogP contribution in [0.5, 0.6) is 0 Å². The van der Waals surface area contributed by atoms with Crippen LogP contribution in [0.4, 0.5) is 11.5 Å². The van der Waals surface area contributed by atoms with Crippen LogP contribution >= 0.6 is 0 Å². The number of ether oxygens (including phenoxy) is 1. The van der Waals surface area contributed by atoms with Gasteiger partial charge in [-0.3, -0.25) is 4.79 Å². The minimum atomic E-state index is -0.372. The molecule has 0 spiro atoms. The van der Waals surface area contributed by atoms with Gasteiger partial charge in [0.25, 0.3) is 0 Å². The van der Waals surface area contributed by atoms with E-state index in [1.165, 1.54) is 9.96 Å². The maximum Gasteiger partial charge on any atom is 0.350 e. The zero-order chi connectivity index (χ0) is 19.5. The molecule has 0 bridgehead atoms. The topological polar surface area (TPSA) is 93.8 Å². The van der Waals surface area contributed by atoms with Crippen LogP contribution in [-0.4, -0.2) is 51.4 Å². The molecule has 0 aliphatic carbocycles. The van der Waals surface area contributed by atoms with Gasteiger partial charge in [-0.15, -0.1) is 5.10 Å². The predicted molar refractivity (Wildman–Crippen MR) is 105 cm³/mol. The van der Waals surface area contributed by atoms with E-state index in [9.17, 15) is 9.59 Å². The fourth-order valence-corrected chi connectivity index (χ4v) is 3.20. The van der Waals surface area contributed by atoms with Crippen LogP contribution in [0, 0.1) is 0 Å². The van der Waals surface area contributed by atoms with E-state index in [2.05, 4.69) is 22.3 Å². The fourth-order valence-electron chi connectivity index (χ4n) is 3.20. The number of aromatic nitrogens is 4. The minimum Gasteiger partial charge on any atom is -0.378 e. The second kappa shape index (κ2) is 7.81. The van der Waals surface area contributed by atoms with Crippen molar-refractivity contribution in [2.75, 3.05) is 36.5 Å². The SMILES string of the molecule is CCc1ccc(NC(=O)Cn2nc3c(N4CCOCC4)nccn3c2=O)cc1. The normalized spacial score (nSPS) is 14.4. The predicted octanol–water partition coefficient (Wildman–Crippen LogP) is 0.929. The molecule has 1 fully saturated rings. The summed E-state index contributed by atoms with van der Waals surface area (Å²) in [7, 11) is 0. The van der Waals surface area contributed by atoms with Crippen LogP contribution in [0.25, 0.3) is 5.65 Å². The molecule has 28 heavy (non-hydrogen) atoms. The number of benzene rings is 1. The molecule has 1 aromatic carbocycles. The molecule has 0 atom stereocenters. The number of fused-ring (bicyclic) bond motifs is 1. The van der Waals surface area contributed by atoms with Gasteiger partial charge in [-0.25, -0.2) is 18.9 Å². The Morgan fingerprint density at radius 2 is 1.96 bits per heavy atom. The third-order valence-corrected chi connectivity index (χ3v) is 4.73. The van der Waals surface area contributed by atoms with Crippen molar-refractivity contribution < 1.29 is 9.53 Å². The number of morpholine rings is 1. The number of amides is 1. The standard InChI is InChI=1S/C19H22N6O3/c1-2-14-3-5-15(6-4-14)21-16(26)13-25-19(27)24-8-7-20-17(18(24)22-25)23-9-11-28-12-10-23/h3-8H,2,9-13H2,1H3,(H,21,26). The lowest BCUT2D eigenvalue weighted by atomic mass is 10.1. The molecule has 146 valence electrons. The van der Waals surface area contributed by atoms with Crippen LogP contribution < -0.4 is 15.9 Å². The Morgan fingerprint density at radius 3 is 2.68 bits per heavy atom. The number of nitrogens with zero attached hydrogens (tertiary/aromatic N) is 5. The van der Waals surface area contributed by atoms with Gasteiger partial charge < -0.3 is 15.0 Å². The molecule has 4 rings (SSSR count). The number of aryl methyl sites for hydroxylation is 1. The van der Waals surface area contributed by atoms with Gasteiger partial charge in [0.1, 0.15) is 6.54 Å². The summed E-state index contributed by atoms with van der Waals surface area (Å²) in [5, 5.41) is 7.16. The Morgan fingerprint density at radius 1 is 1.21 bits per heavy atom. The lowest BCUT2D eigenvalue weighted by molar-refractivity contribution is -0.117. The summed E-state index contributed by atoms with van der Waals surface area (Å²) in [5.41, 5.74) is 1.95. The average Bonchev–Trinajstić information content (AvgIpc) is 3.04. The van der Waals surface area contributed by atoms with Crippen molar-refractivity contribution >= 4 is 23.1 Å². The Kier molecular flexibility index (Phi) is 5.07. The first-order valence-corrected chi connectivity index (χ1v) is 9.31. The highest BCUT2D eigenvalue weighted by Crippen LogP contribution is 2.17. The minimum absolute atomic E-state index is 0.168. The maximum absolute atomic E-state index is 12.6. The Labute approximate surface area is 161 Å². The molecule has 1 aliphatic rings. The van der Waals surface area contributed by atoms with E-state index in [-0.39, 0.29) is 18.1 Å². The van der Waals surface area contributed by atoms with Gasteiger partial charge in [0.05, 0.1) is 13.2 Å². The van der Waals surface area contributed by atoms with E-state index in [0.29, 0.717) is 43.5 Å². The third kappa shape index (κ3) is 3.61. The number of rotatable bonds is 5. The summed E-state index contributed by atoms with van der Waals surface area (Å²) < 4.78 is 7.95. The quantitative estimate of drug-likeness (QED) is 0.706. The van der Waals surface area contributed by atoms with Crippen LogP contribution in [0.2, 0.25) is 0 Å². The molecule has 0 saturated carbocycles. The summed E-state index contributed by atoms with van der Waals surface area (Å²) >= 11 is 0. The van der Waals surface area contributed by atoms with E-state index in [1.54, 1.807) is 12.4 Å². The van der Waals surface area contributed by atoms with E-state index < -0.39 is 0 Å². The van der Waals surface area contributed by atoms with Crippen LogP contribution in [0.1, 0.15) is 12.5 Å². The molecule has 0 radical (unpaired) electrons. The Balaban J connectivity index is 1.55. The average molecular weight is 382 g/mol. The number of carbonyl (C=O) groups is 1. The van der Waals surface area contributed by atoms with Crippen molar-refractivity contribution in [1.29, 1.82) is 0 Å². The second-order valence-electron chi connectivity index (χ2n) is 6.58. The van der Waals surface area contributed by atoms with Gasteiger partial charge in [0.15, 0.2) is 5.82 Å². The van der Waals surface area contributed by atoms with Gasteiger partial charge >= 0.3 is 5.69 Å². The highest BCUT2D eigenvalue weighted by Gasteiger charge is 2.20. The number of hydrogen-bond donors (Lipinski definition) is 1. The van der Waals surface area contributed by atoms with E-state index >= 15 is 0 Å². The Hall–Kier alpha value is -3.20. The lowest BCUT2D eigenvalue weighted by Gasteiger charge is -2.27. The molecular formula is C19H22N6O3.